The number of carbonyl (C=O) groups excluding carboxylic acids is 1. The predicted molar refractivity (Wildman–Crippen MR) is 101 cm³/mol. The molecule has 1 heterocycles. The molecule has 130 valence electrons. The van der Waals surface area contributed by atoms with Crippen molar-refractivity contribution in [2.75, 3.05) is 11.2 Å². The van der Waals surface area contributed by atoms with Gasteiger partial charge >= 0.3 is 7.12 Å². The third kappa shape index (κ3) is 4.42. The zero-order valence-electron chi connectivity index (χ0n) is 14.9. The lowest BCUT2D eigenvalue weighted by atomic mass is 9.78. The van der Waals surface area contributed by atoms with Crippen LogP contribution in [0.4, 0.5) is 5.69 Å². The Labute approximate surface area is 148 Å². The summed E-state index contributed by atoms with van der Waals surface area (Å²) in [7, 11) is -0.476. The molecule has 0 bridgehead atoms. The fraction of sp³-hybridized carbons (Fsp3) is 0.471. The third-order valence-corrected chi connectivity index (χ3v) is 5.29. The zero-order valence-corrected chi connectivity index (χ0v) is 15.7. The van der Waals surface area contributed by atoms with E-state index < -0.39 is 18.3 Å². The molecule has 3 N–H and O–H groups in total. The Morgan fingerprint density at radius 1 is 1.29 bits per heavy atom. The summed E-state index contributed by atoms with van der Waals surface area (Å²) in [5.74, 6) is 5.99. The topological polar surface area (TPSA) is 73.6 Å². The van der Waals surface area contributed by atoms with Crippen LogP contribution in [0, 0.1) is 0 Å². The maximum absolute atomic E-state index is 11.4. The highest BCUT2D eigenvalue weighted by molar-refractivity contribution is 8.13. The molecule has 0 aliphatic carbocycles. The number of nitrogens with two attached hydrogens (primary N) is 1. The van der Waals surface area contributed by atoms with Gasteiger partial charge in [-0.05, 0) is 50.9 Å². The minimum Gasteiger partial charge on any atom is -0.400 e. The first-order valence-electron chi connectivity index (χ1n) is 7.91. The van der Waals surface area contributed by atoms with Crippen LogP contribution in [0.15, 0.2) is 29.7 Å². The average molecular weight is 348 g/mol. The van der Waals surface area contributed by atoms with E-state index in [4.69, 9.17) is 15.2 Å². The summed E-state index contributed by atoms with van der Waals surface area (Å²) in [5, 5.41) is 0.0646. The number of nitrogens with one attached hydrogen (secondary N) is 1. The van der Waals surface area contributed by atoms with Crippen molar-refractivity contribution in [2.45, 2.75) is 45.8 Å². The Kier molecular flexibility index (Phi) is 5.80. The summed E-state index contributed by atoms with van der Waals surface area (Å²) >= 11 is 1.25. The highest BCUT2D eigenvalue weighted by atomic mass is 32.2. The monoisotopic (exact) mass is 348 g/mol. The highest BCUT2D eigenvalue weighted by Gasteiger charge is 2.52. The molecule has 0 atom stereocenters. The van der Waals surface area contributed by atoms with Crippen LogP contribution < -0.4 is 11.3 Å². The molecule has 1 aliphatic rings. The number of hydrazine groups is 1. The molecule has 1 aromatic rings. The van der Waals surface area contributed by atoms with Gasteiger partial charge in [-0.3, -0.25) is 10.6 Å². The molecule has 0 radical (unpaired) electrons. The first-order chi connectivity index (χ1) is 11.1. The van der Waals surface area contributed by atoms with Crippen LogP contribution >= 0.6 is 11.8 Å². The van der Waals surface area contributed by atoms with Gasteiger partial charge in [0.25, 0.3) is 0 Å². The van der Waals surface area contributed by atoms with E-state index in [-0.39, 0.29) is 5.12 Å². The molecular weight excluding hydrogens is 323 g/mol. The van der Waals surface area contributed by atoms with E-state index in [9.17, 15) is 4.79 Å². The van der Waals surface area contributed by atoms with Gasteiger partial charge in [-0.25, -0.2) is 0 Å². The maximum Gasteiger partial charge on any atom is 0.491 e. The van der Waals surface area contributed by atoms with Crippen LogP contribution in [-0.4, -0.2) is 29.2 Å². The molecule has 1 aliphatic heterocycles. The van der Waals surface area contributed by atoms with Crippen molar-refractivity contribution in [3.05, 3.63) is 35.3 Å². The number of thioether (sulfide) groups is 1. The van der Waals surface area contributed by atoms with Gasteiger partial charge < -0.3 is 14.7 Å². The largest absolute Gasteiger partial charge is 0.491 e. The van der Waals surface area contributed by atoms with Crippen LogP contribution in [0.3, 0.4) is 0 Å². The van der Waals surface area contributed by atoms with E-state index in [1.54, 1.807) is 6.92 Å². The van der Waals surface area contributed by atoms with E-state index in [1.807, 2.05) is 58.0 Å². The number of benzene rings is 1. The number of nitrogen functional groups attached to an aromatic ring is 1. The second-order valence-corrected chi connectivity index (χ2v) is 8.01. The highest BCUT2D eigenvalue weighted by Crippen LogP contribution is 2.39. The molecular formula is C17H25BN2O3S. The Balaban J connectivity index is 2.31. The molecule has 0 unspecified atom stereocenters. The predicted octanol–water partition coefficient (Wildman–Crippen LogP) is 3.27. The normalized spacial score (nSPS) is 19.4. The van der Waals surface area contributed by atoms with Gasteiger partial charge in [0.1, 0.15) is 0 Å². The molecule has 0 spiro atoms. The van der Waals surface area contributed by atoms with Crippen LogP contribution in [0.1, 0.15) is 40.2 Å². The molecule has 7 heteroatoms. The van der Waals surface area contributed by atoms with Gasteiger partial charge in [0.05, 0.1) is 11.2 Å². The van der Waals surface area contributed by atoms with Crippen LogP contribution in [-0.2, 0) is 14.1 Å². The minimum atomic E-state index is -0.476. The number of anilines is 1. The van der Waals surface area contributed by atoms with Gasteiger partial charge in [0, 0.05) is 18.4 Å². The number of hydrogen-bond acceptors (Lipinski definition) is 6. The number of hydrogen-bond donors (Lipinski definition) is 2. The molecule has 0 amide bonds. The molecule has 1 aromatic carbocycles. The van der Waals surface area contributed by atoms with E-state index in [0.29, 0.717) is 5.75 Å². The molecule has 24 heavy (non-hydrogen) atoms. The summed E-state index contributed by atoms with van der Waals surface area (Å²) in [6.45, 7) is 9.62. The number of rotatable bonds is 5. The van der Waals surface area contributed by atoms with Crippen LogP contribution in [0.2, 0.25) is 0 Å². The lowest BCUT2D eigenvalue weighted by Gasteiger charge is -2.32. The van der Waals surface area contributed by atoms with Gasteiger partial charge in [-0.2, -0.15) is 0 Å². The lowest BCUT2D eigenvalue weighted by Crippen LogP contribution is -2.41. The molecule has 0 saturated carbocycles. The number of carbonyl (C=O) groups is 1. The van der Waals surface area contributed by atoms with Gasteiger partial charge in [-0.1, -0.05) is 30.0 Å². The molecule has 1 saturated heterocycles. The first kappa shape index (κ1) is 19.1. The summed E-state index contributed by atoms with van der Waals surface area (Å²) in [6, 6.07) is 7.71. The van der Waals surface area contributed by atoms with Crippen molar-refractivity contribution in [2.24, 2.45) is 5.84 Å². The zero-order chi connectivity index (χ0) is 18.0. The lowest BCUT2D eigenvalue weighted by molar-refractivity contribution is -0.109. The van der Waals surface area contributed by atoms with E-state index in [0.717, 1.165) is 16.7 Å². The smallest absolute Gasteiger partial charge is 0.400 e. The molecule has 1 fully saturated rings. The van der Waals surface area contributed by atoms with Gasteiger partial charge in [-0.15, -0.1) is 0 Å². The SMILES string of the molecule is CC(=O)SCC(=Cc1cccc(NN)c1)B1OC(C)(C)C(C)(C)O1. The Bertz CT molecular complexity index is 630. The standard InChI is InChI=1S/C17H25BN2O3S/c1-12(21)24-11-14(9-13-7-6-8-15(10-13)20-19)18-22-16(2,3)17(4,5)23-18/h6-10,20H,11,19H2,1-5H3. The van der Waals surface area contributed by atoms with Gasteiger partial charge in [0.2, 0.25) is 0 Å². The Hall–Kier alpha value is -1.28. The van der Waals surface area contributed by atoms with Crippen molar-refractivity contribution in [1.82, 2.24) is 0 Å². The average Bonchev–Trinajstić information content (AvgIpc) is 2.71. The van der Waals surface area contributed by atoms with Crippen molar-refractivity contribution in [1.29, 1.82) is 0 Å². The second kappa shape index (κ2) is 7.31. The maximum atomic E-state index is 11.4. The molecule has 5 nitrogen and oxygen atoms in total. The molecule has 0 aromatic heterocycles. The first-order valence-corrected chi connectivity index (χ1v) is 8.89. The van der Waals surface area contributed by atoms with Crippen molar-refractivity contribution in [3.63, 3.8) is 0 Å². The Morgan fingerprint density at radius 3 is 2.46 bits per heavy atom. The van der Waals surface area contributed by atoms with Crippen LogP contribution in [0.25, 0.3) is 6.08 Å². The second-order valence-electron chi connectivity index (χ2n) is 6.86. The van der Waals surface area contributed by atoms with Gasteiger partial charge in [0.15, 0.2) is 5.12 Å². The summed E-state index contributed by atoms with van der Waals surface area (Å²) in [5.41, 5.74) is 4.51. The van der Waals surface area contributed by atoms with E-state index >= 15 is 0 Å². The van der Waals surface area contributed by atoms with Crippen LogP contribution in [0.5, 0.6) is 0 Å². The summed E-state index contributed by atoms with van der Waals surface area (Å²) < 4.78 is 12.3. The van der Waals surface area contributed by atoms with Crippen molar-refractivity contribution >= 4 is 35.8 Å². The van der Waals surface area contributed by atoms with Crippen molar-refractivity contribution < 1.29 is 14.1 Å². The van der Waals surface area contributed by atoms with Crippen molar-refractivity contribution in [3.8, 4) is 0 Å². The molecule has 2 rings (SSSR count). The quantitative estimate of drug-likeness (QED) is 0.483. The summed E-state index contributed by atoms with van der Waals surface area (Å²) in [6.07, 6.45) is 2.00. The third-order valence-electron chi connectivity index (χ3n) is 4.40. The fourth-order valence-electron chi connectivity index (χ4n) is 2.29. The van der Waals surface area contributed by atoms with E-state index in [1.165, 1.54) is 11.8 Å². The van der Waals surface area contributed by atoms with E-state index in [2.05, 4.69) is 5.43 Å². The summed E-state index contributed by atoms with van der Waals surface area (Å²) in [4.78, 5) is 11.4. The fourth-order valence-corrected chi connectivity index (χ4v) is 2.88. The minimum absolute atomic E-state index is 0.0646. The Morgan fingerprint density at radius 2 is 1.92 bits per heavy atom.